The zero-order chi connectivity index (χ0) is 16.0. The van der Waals surface area contributed by atoms with Crippen LogP contribution >= 0.6 is 0 Å². The molecule has 8 heteroatoms. The third-order valence-electron chi connectivity index (χ3n) is 2.69. The van der Waals surface area contributed by atoms with Crippen LogP contribution in [0.1, 0.15) is 18.4 Å². The molecule has 21 heavy (non-hydrogen) atoms. The van der Waals surface area contributed by atoms with Crippen molar-refractivity contribution in [2.45, 2.75) is 25.8 Å². The number of urea groups is 1. The van der Waals surface area contributed by atoms with Gasteiger partial charge in [0.15, 0.2) is 0 Å². The fourth-order valence-electron chi connectivity index (χ4n) is 1.61. The maximum Gasteiger partial charge on any atom is 0.326 e. The fraction of sp³-hybridized carbons (Fsp3) is 0.308. The number of aliphatic carboxylic acids is 2. The minimum Gasteiger partial charge on any atom is -0.481 e. The number of carboxylic acids is 2. The first-order valence-corrected chi connectivity index (χ1v) is 6.08. The number of carbonyl (C=O) groups is 3. The van der Waals surface area contributed by atoms with Crippen molar-refractivity contribution >= 4 is 23.7 Å². The molecule has 4 N–H and O–H groups in total. The van der Waals surface area contributed by atoms with Crippen molar-refractivity contribution in [3.8, 4) is 0 Å². The first-order valence-electron chi connectivity index (χ1n) is 6.08. The van der Waals surface area contributed by atoms with Crippen molar-refractivity contribution in [2.75, 3.05) is 5.32 Å². The lowest BCUT2D eigenvalue weighted by Gasteiger charge is -2.15. The molecule has 0 spiro atoms. The summed E-state index contributed by atoms with van der Waals surface area (Å²) in [6.07, 6.45) is -0.618. The highest BCUT2D eigenvalue weighted by Crippen LogP contribution is 2.15. The van der Waals surface area contributed by atoms with Crippen molar-refractivity contribution in [3.05, 3.63) is 29.6 Å². The summed E-state index contributed by atoms with van der Waals surface area (Å²) in [5.41, 5.74) is 0.804. The van der Waals surface area contributed by atoms with E-state index in [1.54, 1.807) is 6.92 Å². The molecule has 0 saturated carbocycles. The van der Waals surface area contributed by atoms with Crippen LogP contribution < -0.4 is 10.6 Å². The third-order valence-corrected chi connectivity index (χ3v) is 2.69. The van der Waals surface area contributed by atoms with E-state index in [-0.39, 0.29) is 12.8 Å². The molecule has 0 bridgehead atoms. The molecule has 0 fully saturated rings. The van der Waals surface area contributed by atoms with Crippen LogP contribution in [0.2, 0.25) is 0 Å². The Labute approximate surface area is 119 Å². The standard InChI is InChI=1S/C13H15FN2O5/c1-7-6-8(14)2-3-9(7)15-13(21)16-10(12(19)20)4-5-11(17)18/h2-3,6,10H,4-5H2,1H3,(H,17,18)(H,19,20)(H2,15,16,21). The topological polar surface area (TPSA) is 116 Å². The Morgan fingerprint density at radius 1 is 1.29 bits per heavy atom. The van der Waals surface area contributed by atoms with Gasteiger partial charge < -0.3 is 20.8 Å². The van der Waals surface area contributed by atoms with Crippen molar-refractivity contribution in [1.29, 1.82) is 0 Å². The molecule has 0 aromatic heterocycles. The van der Waals surface area contributed by atoms with Gasteiger partial charge in [0.2, 0.25) is 0 Å². The average Bonchev–Trinajstić information content (AvgIpc) is 2.37. The Morgan fingerprint density at radius 2 is 1.95 bits per heavy atom. The molecule has 0 aliphatic heterocycles. The lowest BCUT2D eigenvalue weighted by molar-refractivity contribution is -0.140. The first kappa shape index (κ1) is 16.4. The number of aryl methyl sites for hydroxylation is 1. The highest BCUT2D eigenvalue weighted by molar-refractivity contribution is 5.92. The molecule has 1 aromatic carbocycles. The van der Waals surface area contributed by atoms with Gasteiger partial charge in [0, 0.05) is 12.1 Å². The van der Waals surface area contributed by atoms with Gasteiger partial charge in [-0.15, -0.1) is 0 Å². The predicted octanol–water partition coefficient (Wildman–Crippen LogP) is 1.57. The van der Waals surface area contributed by atoms with Gasteiger partial charge in [-0.2, -0.15) is 0 Å². The Bertz CT molecular complexity index is 561. The van der Waals surface area contributed by atoms with Crippen LogP contribution in [0.5, 0.6) is 0 Å². The van der Waals surface area contributed by atoms with Gasteiger partial charge in [0.1, 0.15) is 11.9 Å². The zero-order valence-electron chi connectivity index (χ0n) is 11.2. The van der Waals surface area contributed by atoms with E-state index in [0.29, 0.717) is 11.3 Å². The van der Waals surface area contributed by atoms with Crippen molar-refractivity contribution in [3.63, 3.8) is 0 Å². The second-order valence-corrected chi connectivity index (χ2v) is 4.38. The highest BCUT2D eigenvalue weighted by atomic mass is 19.1. The quantitative estimate of drug-likeness (QED) is 0.636. The molecule has 1 atom stereocenters. The summed E-state index contributed by atoms with van der Waals surface area (Å²) in [6.45, 7) is 1.58. The lowest BCUT2D eigenvalue weighted by Crippen LogP contribution is -2.43. The van der Waals surface area contributed by atoms with Crippen molar-refractivity contribution < 1.29 is 29.0 Å². The minimum absolute atomic E-state index is 0.236. The number of hydrogen-bond donors (Lipinski definition) is 4. The lowest BCUT2D eigenvalue weighted by atomic mass is 10.1. The Balaban J connectivity index is 2.65. The van der Waals surface area contributed by atoms with E-state index in [4.69, 9.17) is 10.2 Å². The smallest absolute Gasteiger partial charge is 0.326 e. The zero-order valence-corrected chi connectivity index (χ0v) is 11.2. The molecule has 0 saturated heterocycles. The Morgan fingerprint density at radius 3 is 2.48 bits per heavy atom. The maximum atomic E-state index is 12.9. The molecule has 2 amide bonds. The first-order chi connectivity index (χ1) is 9.79. The van der Waals surface area contributed by atoms with E-state index in [9.17, 15) is 18.8 Å². The number of carboxylic acid groups (broad SMARTS) is 2. The van der Waals surface area contributed by atoms with Crippen LogP contribution in [-0.4, -0.2) is 34.2 Å². The molecule has 7 nitrogen and oxygen atoms in total. The number of halogens is 1. The molecule has 1 aromatic rings. The summed E-state index contributed by atoms with van der Waals surface area (Å²) in [5.74, 6) is -2.94. The molecular formula is C13H15FN2O5. The molecule has 114 valence electrons. The molecule has 0 aliphatic rings. The van der Waals surface area contributed by atoms with E-state index in [0.717, 1.165) is 6.07 Å². The minimum atomic E-state index is -1.33. The van der Waals surface area contributed by atoms with E-state index in [1.165, 1.54) is 12.1 Å². The largest absolute Gasteiger partial charge is 0.481 e. The Hall–Kier alpha value is -2.64. The maximum absolute atomic E-state index is 12.9. The van der Waals surface area contributed by atoms with Crippen molar-refractivity contribution in [2.24, 2.45) is 0 Å². The molecular weight excluding hydrogens is 283 g/mol. The van der Waals surface area contributed by atoms with Crippen LogP contribution in [0.3, 0.4) is 0 Å². The number of benzene rings is 1. The molecule has 1 unspecified atom stereocenters. The van der Waals surface area contributed by atoms with E-state index in [2.05, 4.69) is 10.6 Å². The van der Waals surface area contributed by atoms with Gasteiger partial charge in [-0.3, -0.25) is 4.79 Å². The number of carbonyl (C=O) groups excluding carboxylic acids is 1. The second kappa shape index (κ2) is 7.22. The van der Waals surface area contributed by atoms with Gasteiger partial charge in [-0.25, -0.2) is 14.0 Å². The third kappa shape index (κ3) is 5.47. The summed E-state index contributed by atoms with van der Waals surface area (Å²) in [7, 11) is 0. The second-order valence-electron chi connectivity index (χ2n) is 4.38. The summed E-state index contributed by atoms with van der Waals surface area (Å²) in [6, 6.07) is 1.60. The fourth-order valence-corrected chi connectivity index (χ4v) is 1.61. The van der Waals surface area contributed by atoms with E-state index >= 15 is 0 Å². The van der Waals surface area contributed by atoms with E-state index in [1.807, 2.05) is 0 Å². The predicted molar refractivity (Wildman–Crippen MR) is 71.6 cm³/mol. The summed E-state index contributed by atoms with van der Waals surface area (Å²) in [5, 5.41) is 22.0. The average molecular weight is 298 g/mol. The summed E-state index contributed by atoms with van der Waals surface area (Å²) >= 11 is 0. The molecule has 0 aliphatic carbocycles. The molecule has 1 rings (SSSR count). The normalized spacial score (nSPS) is 11.5. The van der Waals surface area contributed by atoms with Gasteiger partial charge in [-0.05, 0) is 37.1 Å². The van der Waals surface area contributed by atoms with Crippen LogP contribution in [0.15, 0.2) is 18.2 Å². The van der Waals surface area contributed by atoms with Crippen LogP contribution in [0, 0.1) is 12.7 Å². The number of hydrogen-bond acceptors (Lipinski definition) is 3. The van der Waals surface area contributed by atoms with E-state index < -0.39 is 29.8 Å². The SMILES string of the molecule is Cc1cc(F)ccc1NC(=O)NC(CCC(=O)O)C(=O)O. The highest BCUT2D eigenvalue weighted by Gasteiger charge is 2.21. The number of nitrogens with one attached hydrogen (secondary N) is 2. The van der Waals surface area contributed by atoms with Crippen LogP contribution in [0.25, 0.3) is 0 Å². The molecule has 0 heterocycles. The molecule has 0 radical (unpaired) electrons. The van der Waals surface area contributed by atoms with Gasteiger partial charge in [-0.1, -0.05) is 0 Å². The number of anilines is 1. The summed E-state index contributed by atoms with van der Waals surface area (Å²) in [4.78, 5) is 33.0. The number of rotatable bonds is 6. The van der Waals surface area contributed by atoms with Gasteiger partial charge in [0.25, 0.3) is 0 Å². The number of amides is 2. The van der Waals surface area contributed by atoms with Gasteiger partial charge in [0.05, 0.1) is 0 Å². The van der Waals surface area contributed by atoms with Gasteiger partial charge >= 0.3 is 18.0 Å². The summed E-state index contributed by atoms with van der Waals surface area (Å²) < 4.78 is 12.9. The van der Waals surface area contributed by atoms with Crippen molar-refractivity contribution in [1.82, 2.24) is 5.32 Å². The Kier molecular flexibility index (Phi) is 5.65. The van der Waals surface area contributed by atoms with Crippen LogP contribution in [-0.2, 0) is 9.59 Å². The van der Waals surface area contributed by atoms with Crippen LogP contribution in [0.4, 0.5) is 14.9 Å². The monoisotopic (exact) mass is 298 g/mol.